The first kappa shape index (κ1) is 14.1. The number of aryl methyl sites for hydroxylation is 1. The molecular formula is C15H24N4. The summed E-state index contributed by atoms with van der Waals surface area (Å²) in [4.78, 5) is 2.56. The van der Waals surface area contributed by atoms with Crippen LogP contribution in [0.2, 0.25) is 0 Å². The van der Waals surface area contributed by atoms with E-state index in [1.807, 2.05) is 23.9 Å². The van der Waals surface area contributed by atoms with Gasteiger partial charge in [-0.25, -0.2) is 0 Å². The van der Waals surface area contributed by atoms with Crippen LogP contribution in [-0.2, 0) is 13.6 Å². The number of rotatable bonds is 5. The Morgan fingerprint density at radius 3 is 2.63 bits per heavy atom. The van der Waals surface area contributed by atoms with Crippen molar-refractivity contribution in [1.82, 2.24) is 14.8 Å². The van der Waals surface area contributed by atoms with Crippen LogP contribution in [-0.4, -0.2) is 35.6 Å². The number of nitriles is 1. The molecule has 1 aromatic heterocycles. The van der Waals surface area contributed by atoms with Crippen LogP contribution in [0.1, 0.15) is 36.9 Å². The van der Waals surface area contributed by atoms with Gasteiger partial charge in [0.2, 0.25) is 0 Å². The molecule has 4 heteroatoms. The minimum atomic E-state index is 0.726. The summed E-state index contributed by atoms with van der Waals surface area (Å²) in [5.41, 5.74) is 1.92. The molecule has 2 heterocycles. The molecule has 1 saturated heterocycles. The predicted molar refractivity (Wildman–Crippen MR) is 76.7 cm³/mol. The maximum absolute atomic E-state index is 8.90. The number of aromatic nitrogens is 1. The Bertz CT molecular complexity index is 422. The van der Waals surface area contributed by atoms with E-state index in [4.69, 9.17) is 5.26 Å². The highest BCUT2D eigenvalue weighted by Crippen LogP contribution is 2.09. The van der Waals surface area contributed by atoms with Crippen LogP contribution in [0.3, 0.4) is 0 Å². The Kier molecular flexibility index (Phi) is 5.44. The molecule has 2 rings (SSSR count). The Hall–Kier alpha value is -1.31. The van der Waals surface area contributed by atoms with Gasteiger partial charge in [0.25, 0.3) is 0 Å². The van der Waals surface area contributed by atoms with Crippen molar-refractivity contribution in [2.75, 3.05) is 26.2 Å². The van der Waals surface area contributed by atoms with Gasteiger partial charge in [-0.3, -0.25) is 0 Å². The molecule has 0 aliphatic carbocycles. The summed E-state index contributed by atoms with van der Waals surface area (Å²) in [5, 5.41) is 12.4. The zero-order chi connectivity index (χ0) is 13.5. The first-order valence-corrected chi connectivity index (χ1v) is 7.28. The van der Waals surface area contributed by atoms with E-state index in [0.717, 1.165) is 25.3 Å². The van der Waals surface area contributed by atoms with Crippen LogP contribution < -0.4 is 5.32 Å². The number of nitrogens with one attached hydrogen (secondary N) is 1. The highest BCUT2D eigenvalue weighted by atomic mass is 15.1. The maximum atomic E-state index is 8.90. The molecule has 4 nitrogen and oxygen atoms in total. The molecule has 0 radical (unpaired) electrons. The number of hydrogen-bond acceptors (Lipinski definition) is 3. The van der Waals surface area contributed by atoms with E-state index in [1.54, 1.807) is 0 Å². The molecule has 1 fully saturated rings. The van der Waals surface area contributed by atoms with Crippen molar-refractivity contribution < 1.29 is 0 Å². The van der Waals surface area contributed by atoms with Gasteiger partial charge in [-0.15, -0.1) is 0 Å². The second-order valence-electron chi connectivity index (χ2n) is 5.39. The van der Waals surface area contributed by atoms with Crippen molar-refractivity contribution >= 4 is 0 Å². The fourth-order valence-electron chi connectivity index (χ4n) is 2.67. The van der Waals surface area contributed by atoms with Crippen LogP contribution in [0.4, 0.5) is 0 Å². The maximum Gasteiger partial charge on any atom is 0.120 e. The largest absolute Gasteiger partial charge is 0.342 e. The molecule has 104 valence electrons. The third-order valence-electron chi connectivity index (χ3n) is 3.81. The van der Waals surface area contributed by atoms with E-state index in [0.29, 0.717) is 0 Å². The van der Waals surface area contributed by atoms with Gasteiger partial charge in [0.15, 0.2) is 0 Å². The predicted octanol–water partition coefficient (Wildman–Crippen LogP) is 1.86. The van der Waals surface area contributed by atoms with Crippen LogP contribution in [0.15, 0.2) is 12.3 Å². The lowest BCUT2D eigenvalue weighted by Crippen LogP contribution is -2.32. The molecular weight excluding hydrogens is 236 g/mol. The number of hydrogen-bond donors (Lipinski definition) is 1. The molecule has 0 saturated carbocycles. The van der Waals surface area contributed by atoms with E-state index in [-0.39, 0.29) is 0 Å². The number of nitrogens with zero attached hydrogens (tertiary/aromatic N) is 3. The summed E-state index contributed by atoms with van der Waals surface area (Å²) in [7, 11) is 1.92. The molecule has 0 aromatic carbocycles. The van der Waals surface area contributed by atoms with Gasteiger partial charge in [0.05, 0.1) is 0 Å². The minimum absolute atomic E-state index is 0.726. The van der Waals surface area contributed by atoms with Gasteiger partial charge < -0.3 is 14.8 Å². The third-order valence-corrected chi connectivity index (χ3v) is 3.81. The average molecular weight is 260 g/mol. The molecule has 0 unspecified atom stereocenters. The lowest BCUT2D eigenvalue weighted by molar-refractivity contribution is 0.284. The Labute approximate surface area is 116 Å². The minimum Gasteiger partial charge on any atom is -0.342 e. The first-order valence-electron chi connectivity index (χ1n) is 7.28. The van der Waals surface area contributed by atoms with E-state index in [9.17, 15) is 0 Å². The third kappa shape index (κ3) is 4.38. The van der Waals surface area contributed by atoms with Gasteiger partial charge in [0, 0.05) is 32.9 Å². The molecule has 1 aromatic rings. The Morgan fingerprint density at radius 2 is 2.00 bits per heavy atom. The highest BCUT2D eigenvalue weighted by molar-refractivity contribution is 5.28. The Morgan fingerprint density at radius 1 is 1.26 bits per heavy atom. The summed E-state index contributed by atoms with van der Waals surface area (Å²) >= 11 is 0. The van der Waals surface area contributed by atoms with Crippen molar-refractivity contribution in [1.29, 1.82) is 5.26 Å². The summed E-state index contributed by atoms with van der Waals surface area (Å²) in [6.07, 6.45) is 7.52. The van der Waals surface area contributed by atoms with E-state index >= 15 is 0 Å². The van der Waals surface area contributed by atoms with Crippen molar-refractivity contribution in [3.05, 3.63) is 23.5 Å². The fourth-order valence-corrected chi connectivity index (χ4v) is 2.67. The van der Waals surface area contributed by atoms with Gasteiger partial charge in [-0.1, -0.05) is 12.8 Å². The van der Waals surface area contributed by atoms with Crippen molar-refractivity contribution in [3.8, 4) is 6.07 Å². The zero-order valence-electron chi connectivity index (χ0n) is 11.9. The standard InChI is InChI=1S/C15H24N4/c1-18-13-14(10-15(18)11-16)12-17-6-9-19-7-4-2-3-5-8-19/h10,13,17H,2-9,12H2,1H3. The van der Waals surface area contributed by atoms with Crippen LogP contribution >= 0.6 is 0 Å². The average Bonchev–Trinajstić information content (AvgIpc) is 2.63. The lowest BCUT2D eigenvalue weighted by atomic mass is 10.2. The summed E-state index contributed by atoms with van der Waals surface area (Å²) < 4.78 is 1.88. The first-order chi connectivity index (χ1) is 9.29. The second kappa shape index (κ2) is 7.32. The van der Waals surface area contributed by atoms with Crippen LogP contribution in [0.25, 0.3) is 0 Å². The molecule has 1 aliphatic rings. The van der Waals surface area contributed by atoms with E-state index in [2.05, 4.69) is 16.3 Å². The second-order valence-corrected chi connectivity index (χ2v) is 5.39. The molecule has 19 heavy (non-hydrogen) atoms. The van der Waals surface area contributed by atoms with Gasteiger partial charge in [-0.2, -0.15) is 5.26 Å². The van der Waals surface area contributed by atoms with Gasteiger partial charge >= 0.3 is 0 Å². The Balaban J connectivity index is 1.67. The quantitative estimate of drug-likeness (QED) is 0.822. The van der Waals surface area contributed by atoms with Crippen LogP contribution in [0.5, 0.6) is 0 Å². The normalized spacial score (nSPS) is 17.1. The summed E-state index contributed by atoms with van der Waals surface area (Å²) in [5.74, 6) is 0. The zero-order valence-corrected chi connectivity index (χ0v) is 11.9. The van der Waals surface area contributed by atoms with E-state index < -0.39 is 0 Å². The highest BCUT2D eigenvalue weighted by Gasteiger charge is 2.08. The van der Waals surface area contributed by atoms with E-state index in [1.165, 1.54) is 44.3 Å². The molecule has 0 amide bonds. The van der Waals surface area contributed by atoms with Gasteiger partial charge in [-0.05, 0) is 37.6 Å². The topological polar surface area (TPSA) is 44.0 Å². The monoisotopic (exact) mass is 260 g/mol. The van der Waals surface area contributed by atoms with Crippen LogP contribution in [0, 0.1) is 11.3 Å². The molecule has 1 aliphatic heterocycles. The molecule has 0 bridgehead atoms. The van der Waals surface area contributed by atoms with Crippen molar-refractivity contribution in [2.45, 2.75) is 32.2 Å². The molecule has 0 spiro atoms. The van der Waals surface area contributed by atoms with Crippen molar-refractivity contribution in [3.63, 3.8) is 0 Å². The van der Waals surface area contributed by atoms with Gasteiger partial charge in [0.1, 0.15) is 11.8 Å². The van der Waals surface area contributed by atoms with Crippen molar-refractivity contribution in [2.24, 2.45) is 7.05 Å². The smallest absolute Gasteiger partial charge is 0.120 e. The molecule has 0 atom stereocenters. The summed E-state index contributed by atoms with van der Waals surface area (Å²) in [6, 6.07) is 4.15. The summed E-state index contributed by atoms with van der Waals surface area (Å²) in [6.45, 7) is 5.52. The fraction of sp³-hybridized carbons (Fsp3) is 0.667. The molecule has 1 N–H and O–H groups in total. The lowest BCUT2D eigenvalue weighted by Gasteiger charge is -2.19. The number of likely N-dealkylation sites (tertiary alicyclic amines) is 1. The SMILES string of the molecule is Cn1cc(CNCCN2CCCCCC2)cc1C#N.